The van der Waals surface area contributed by atoms with Crippen LogP contribution in [0.2, 0.25) is 0 Å². The average molecular weight is 348 g/mol. The quantitative estimate of drug-likeness (QED) is 0.743. The molecule has 5 heteroatoms. The van der Waals surface area contributed by atoms with Crippen molar-refractivity contribution < 1.29 is 9.53 Å². The van der Waals surface area contributed by atoms with E-state index in [1.165, 1.54) is 5.56 Å². The number of carbonyl (C=O) groups is 1. The molecule has 0 unspecified atom stereocenters. The standard InChI is InChI=1S/C18H21NO2S2/c1-13-8-9-16(21-2)14(10-13)11-23-12-18(20)19-15-6-4-5-7-17(15)22-3/h4-10H,11-12H2,1-3H3,(H,19,20). The number of thioether (sulfide) groups is 2. The van der Waals surface area contributed by atoms with Crippen molar-refractivity contribution in [3.8, 4) is 5.75 Å². The van der Waals surface area contributed by atoms with E-state index in [9.17, 15) is 4.79 Å². The maximum atomic E-state index is 12.1. The fourth-order valence-electron chi connectivity index (χ4n) is 2.21. The first-order valence-electron chi connectivity index (χ1n) is 7.28. The number of anilines is 1. The van der Waals surface area contributed by atoms with Crippen molar-refractivity contribution in [2.75, 3.05) is 24.4 Å². The molecule has 23 heavy (non-hydrogen) atoms. The summed E-state index contributed by atoms with van der Waals surface area (Å²) < 4.78 is 5.37. The minimum Gasteiger partial charge on any atom is -0.496 e. The van der Waals surface area contributed by atoms with Gasteiger partial charge in [-0.3, -0.25) is 4.79 Å². The molecule has 0 saturated heterocycles. The summed E-state index contributed by atoms with van der Waals surface area (Å²) in [6, 6.07) is 13.9. The van der Waals surface area contributed by atoms with Crippen LogP contribution in [0.4, 0.5) is 5.69 Å². The van der Waals surface area contributed by atoms with Crippen molar-refractivity contribution in [1.29, 1.82) is 0 Å². The summed E-state index contributed by atoms with van der Waals surface area (Å²) in [6.45, 7) is 2.06. The predicted molar refractivity (Wildman–Crippen MR) is 101 cm³/mol. The minimum atomic E-state index is 0.0168. The molecule has 2 aromatic carbocycles. The molecule has 0 atom stereocenters. The van der Waals surface area contributed by atoms with Crippen LogP contribution < -0.4 is 10.1 Å². The molecule has 0 bridgehead atoms. The van der Waals surface area contributed by atoms with Crippen molar-refractivity contribution in [3.05, 3.63) is 53.6 Å². The highest BCUT2D eigenvalue weighted by Gasteiger charge is 2.08. The second kappa shape index (κ2) is 8.89. The summed E-state index contributed by atoms with van der Waals surface area (Å²) in [4.78, 5) is 13.2. The zero-order valence-corrected chi connectivity index (χ0v) is 15.2. The molecular formula is C18H21NO2S2. The third-order valence-electron chi connectivity index (χ3n) is 3.31. The van der Waals surface area contributed by atoms with Crippen LogP contribution in [0, 0.1) is 6.92 Å². The largest absolute Gasteiger partial charge is 0.496 e. The third kappa shape index (κ3) is 5.22. The summed E-state index contributed by atoms with van der Waals surface area (Å²) in [5.74, 6) is 2.06. The molecule has 1 amide bonds. The number of benzene rings is 2. The number of rotatable bonds is 7. The summed E-state index contributed by atoms with van der Waals surface area (Å²) in [7, 11) is 1.67. The second-order valence-corrected chi connectivity index (χ2v) is 6.89. The number of aryl methyl sites for hydroxylation is 1. The summed E-state index contributed by atoms with van der Waals surface area (Å²) >= 11 is 3.21. The molecule has 0 aliphatic rings. The highest BCUT2D eigenvalue weighted by atomic mass is 32.2. The number of para-hydroxylation sites is 1. The first-order valence-corrected chi connectivity index (χ1v) is 9.66. The Hall–Kier alpha value is -1.59. The maximum absolute atomic E-state index is 12.1. The molecule has 0 fully saturated rings. The highest BCUT2D eigenvalue weighted by molar-refractivity contribution is 7.99. The van der Waals surface area contributed by atoms with E-state index in [0.29, 0.717) is 5.75 Å². The van der Waals surface area contributed by atoms with Crippen molar-refractivity contribution in [2.24, 2.45) is 0 Å². The molecule has 0 saturated carbocycles. The smallest absolute Gasteiger partial charge is 0.234 e. The third-order valence-corrected chi connectivity index (χ3v) is 5.08. The van der Waals surface area contributed by atoms with Gasteiger partial charge in [0.25, 0.3) is 0 Å². The zero-order chi connectivity index (χ0) is 16.7. The number of hydrogen-bond donors (Lipinski definition) is 1. The van der Waals surface area contributed by atoms with Gasteiger partial charge in [0.15, 0.2) is 0 Å². The van der Waals surface area contributed by atoms with Crippen molar-refractivity contribution in [1.82, 2.24) is 0 Å². The Kier molecular flexibility index (Phi) is 6.86. The number of hydrogen-bond acceptors (Lipinski definition) is 4. The van der Waals surface area contributed by atoms with Crippen LogP contribution in [0.3, 0.4) is 0 Å². The monoisotopic (exact) mass is 347 g/mol. The van der Waals surface area contributed by atoms with E-state index >= 15 is 0 Å². The lowest BCUT2D eigenvalue weighted by Gasteiger charge is -2.11. The first kappa shape index (κ1) is 17.8. The van der Waals surface area contributed by atoms with E-state index in [1.54, 1.807) is 30.6 Å². The van der Waals surface area contributed by atoms with Crippen LogP contribution in [-0.4, -0.2) is 25.0 Å². The Morgan fingerprint density at radius 1 is 1.22 bits per heavy atom. The molecule has 0 radical (unpaired) electrons. The predicted octanol–water partition coefficient (Wildman–Crippen LogP) is 4.60. The molecule has 0 heterocycles. The Bertz CT molecular complexity index is 674. The lowest BCUT2D eigenvalue weighted by atomic mass is 10.1. The molecule has 0 aromatic heterocycles. The van der Waals surface area contributed by atoms with Gasteiger partial charge in [-0.15, -0.1) is 23.5 Å². The Balaban J connectivity index is 1.89. The van der Waals surface area contributed by atoms with Gasteiger partial charge in [-0.25, -0.2) is 0 Å². The van der Waals surface area contributed by atoms with Gasteiger partial charge < -0.3 is 10.1 Å². The van der Waals surface area contributed by atoms with E-state index in [1.807, 2.05) is 42.7 Å². The number of carbonyl (C=O) groups excluding carboxylic acids is 1. The highest BCUT2D eigenvalue weighted by Crippen LogP contribution is 2.26. The van der Waals surface area contributed by atoms with Crippen LogP contribution in [0.1, 0.15) is 11.1 Å². The van der Waals surface area contributed by atoms with E-state index in [0.717, 1.165) is 27.6 Å². The zero-order valence-electron chi connectivity index (χ0n) is 13.6. The summed E-state index contributed by atoms with van der Waals surface area (Å²) in [6.07, 6.45) is 2.00. The molecule has 0 aliphatic carbocycles. The molecular weight excluding hydrogens is 326 g/mol. The van der Waals surface area contributed by atoms with Crippen LogP contribution in [-0.2, 0) is 10.5 Å². The number of nitrogens with one attached hydrogen (secondary N) is 1. The van der Waals surface area contributed by atoms with Gasteiger partial charge >= 0.3 is 0 Å². The van der Waals surface area contributed by atoms with Gasteiger partial charge in [0.2, 0.25) is 5.91 Å². The second-order valence-electron chi connectivity index (χ2n) is 5.06. The van der Waals surface area contributed by atoms with E-state index < -0.39 is 0 Å². The fraction of sp³-hybridized carbons (Fsp3) is 0.278. The van der Waals surface area contributed by atoms with Crippen LogP contribution in [0.25, 0.3) is 0 Å². The first-order chi connectivity index (χ1) is 11.1. The molecule has 2 rings (SSSR count). The van der Waals surface area contributed by atoms with E-state index in [2.05, 4.69) is 18.3 Å². The summed E-state index contributed by atoms with van der Waals surface area (Å²) in [5, 5.41) is 2.98. The lowest BCUT2D eigenvalue weighted by Crippen LogP contribution is -2.14. The fourth-order valence-corrected chi connectivity index (χ4v) is 3.57. The summed E-state index contributed by atoms with van der Waals surface area (Å²) in [5.41, 5.74) is 3.19. The topological polar surface area (TPSA) is 38.3 Å². The molecule has 0 spiro atoms. The van der Waals surface area contributed by atoms with Gasteiger partial charge in [0.05, 0.1) is 18.6 Å². The number of amides is 1. The van der Waals surface area contributed by atoms with Crippen molar-refractivity contribution in [2.45, 2.75) is 17.6 Å². The van der Waals surface area contributed by atoms with E-state index in [4.69, 9.17) is 4.74 Å². The van der Waals surface area contributed by atoms with Crippen LogP contribution in [0.5, 0.6) is 5.75 Å². The van der Waals surface area contributed by atoms with Gasteiger partial charge in [-0.05, 0) is 31.4 Å². The Morgan fingerprint density at radius 3 is 2.74 bits per heavy atom. The van der Waals surface area contributed by atoms with Gasteiger partial charge in [0.1, 0.15) is 5.75 Å². The van der Waals surface area contributed by atoms with Crippen LogP contribution in [0.15, 0.2) is 47.4 Å². The molecule has 122 valence electrons. The molecule has 2 aromatic rings. The average Bonchev–Trinajstić information content (AvgIpc) is 2.55. The lowest BCUT2D eigenvalue weighted by molar-refractivity contribution is -0.113. The molecule has 3 nitrogen and oxygen atoms in total. The Morgan fingerprint density at radius 2 is 2.00 bits per heavy atom. The molecule has 1 N–H and O–H groups in total. The SMILES string of the molecule is COc1ccc(C)cc1CSCC(=O)Nc1ccccc1SC. The van der Waals surface area contributed by atoms with Crippen LogP contribution >= 0.6 is 23.5 Å². The van der Waals surface area contributed by atoms with Crippen molar-refractivity contribution >= 4 is 35.1 Å². The maximum Gasteiger partial charge on any atom is 0.234 e. The Labute approximate surface area is 146 Å². The number of methoxy groups -OCH3 is 1. The normalized spacial score (nSPS) is 10.4. The van der Waals surface area contributed by atoms with Gasteiger partial charge in [-0.2, -0.15) is 0 Å². The van der Waals surface area contributed by atoms with E-state index in [-0.39, 0.29) is 5.91 Å². The minimum absolute atomic E-state index is 0.0168. The van der Waals surface area contributed by atoms with Gasteiger partial charge in [-0.1, -0.05) is 29.8 Å². The number of ether oxygens (including phenoxy) is 1. The van der Waals surface area contributed by atoms with Crippen molar-refractivity contribution in [3.63, 3.8) is 0 Å². The van der Waals surface area contributed by atoms with Gasteiger partial charge in [0, 0.05) is 16.2 Å². The molecule has 0 aliphatic heterocycles.